The van der Waals surface area contributed by atoms with Gasteiger partial charge in [0.15, 0.2) is 0 Å². The highest BCUT2D eigenvalue weighted by Crippen LogP contribution is 1.72. The van der Waals surface area contributed by atoms with Crippen molar-refractivity contribution < 1.29 is 14.6 Å². The van der Waals surface area contributed by atoms with Gasteiger partial charge >= 0.3 is 5.97 Å². The zero-order valence-electron chi connectivity index (χ0n) is 6.70. The molecule has 0 aliphatic heterocycles. The molecule has 0 aromatic heterocycles. The van der Waals surface area contributed by atoms with Crippen molar-refractivity contribution in [1.29, 1.82) is 0 Å². The van der Waals surface area contributed by atoms with Crippen LogP contribution in [0.5, 0.6) is 0 Å². The number of hydrazine groups is 1. The molecule has 0 heterocycles. The molecule has 11 heavy (non-hydrogen) atoms. The van der Waals surface area contributed by atoms with E-state index >= 15 is 0 Å². The van der Waals surface area contributed by atoms with Crippen LogP contribution in [0.25, 0.3) is 0 Å². The summed E-state index contributed by atoms with van der Waals surface area (Å²) in [6.07, 6.45) is 2.48. The minimum absolute atomic E-state index is 0.353. The van der Waals surface area contributed by atoms with Gasteiger partial charge in [0.25, 0.3) is 0 Å². The molecule has 4 N–H and O–H groups in total. The molecule has 0 unspecified atom stereocenters. The summed E-state index contributed by atoms with van der Waals surface area (Å²) >= 11 is 0. The summed E-state index contributed by atoms with van der Waals surface area (Å²) < 4.78 is 4.54. The van der Waals surface area contributed by atoms with E-state index in [4.69, 9.17) is 5.11 Å². The number of ether oxygens (including phenoxy) is 1. The van der Waals surface area contributed by atoms with Crippen LogP contribution in [0.3, 0.4) is 0 Å². The van der Waals surface area contributed by atoms with Crippen molar-refractivity contribution in [2.24, 2.45) is 5.84 Å². The fraction of sp³-hybridized carbons (Fsp3) is 0.500. The zero-order chi connectivity index (χ0) is 9.11. The standard InChI is InChI=1S/C5H8O3.CH6N2/c1-8-4-2-3-5(6)7;1-3-2/h2-3H,4H2,1H3,(H,6,7);3H,2H2,1H3. The molecule has 66 valence electrons. The minimum Gasteiger partial charge on any atom is -0.478 e. The minimum atomic E-state index is -0.943. The molecular weight excluding hydrogens is 148 g/mol. The number of carbonyl (C=O) groups is 1. The molecule has 0 radical (unpaired) electrons. The lowest BCUT2D eigenvalue weighted by molar-refractivity contribution is -0.131. The molecule has 0 fully saturated rings. The summed E-state index contributed by atoms with van der Waals surface area (Å²) in [6.45, 7) is 0.353. The average Bonchev–Trinajstić information content (AvgIpc) is 1.89. The molecule has 0 spiro atoms. The van der Waals surface area contributed by atoms with Crippen molar-refractivity contribution in [3.63, 3.8) is 0 Å². The Bertz CT molecular complexity index is 114. The topological polar surface area (TPSA) is 84.6 Å². The van der Waals surface area contributed by atoms with Crippen LogP contribution in [0.2, 0.25) is 0 Å². The van der Waals surface area contributed by atoms with Crippen molar-refractivity contribution in [3.05, 3.63) is 12.2 Å². The summed E-state index contributed by atoms with van der Waals surface area (Å²) in [6, 6.07) is 0. The lowest BCUT2D eigenvalue weighted by Gasteiger charge is -1.83. The van der Waals surface area contributed by atoms with Gasteiger partial charge in [0.2, 0.25) is 0 Å². The quantitative estimate of drug-likeness (QED) is 0.292. The number of rotatable bonds is 3. The van der Waals surface area contributed by atoms with Crippen molar-refractivity contribution in [2.75, 3.05) is 20.8 Å². The summed E-state index contributed by atoms with van der Waals surface area (Å²) in [7, 11) is 3.16. The maximum absolute atomic E-state index is 9.73. The number of hydrogen-bond donors (Lipinski definition) is 3. The number of nitrogens with one attached hydrogen (secondary N) is 1. The molecule has 0 aliphatic rings. The first kappa shape index (κ1) is 12.7. The van der Waals surface area contributed by atoms with E-state index in [1.54, 1.807) is 7.05 Å². The van der Waals surface area contributed by atoms with Gasteiger partial charge in [-0.05, 0) is 7.05 Å². The van der Waals surface area contributed by atoms with Crippen LogP contribution in [-0.4, -0.2) is 31.8 Å². The second-order valence-electron chi connectivity index (χ2n) is 1.48. The first-order valence-corrected chi connectivity index (χ1v) is 2.94. The summed E-state index contributed by atoms with van der Waals surface area (Å²) in [5, 5.41) is 8.00. The third kappa shape index (κ3) is 27.3. The van der Waals surface area contributed by atoms with Gasteiger partial charge in [0.05, 0.1) is 6.61 Å². The monoisotopic (exact) mass is 162 g/mol. The number of carboxylic acids is 1. The number of methoxy groups -OCH3 is 1. The normalized spacial score (nSPS) is 9.00. The van der Waals surface area contributed by atoms with E-state index in [0.717, 1.165) is 6.08 Å². The largest absolute Gasteiger partial charge is 0.478 e. The molecule has 5 nitrogen and oxygen atoms in total. The first-order chi connectivity index (χ1) is 5.18. The molecule has 0 saturated heterocycles. The van der Waals surface area contributed by atoms with Crippen LogP contribution < -0.4 is 11.3 Å². The highest BCUT2D eigenvalue weighted by molar-refractivity contribution is 5.79. The highest BCUT2D eigenvalue weighted by atomic mass is 16.5. The second-order valence-corrected chi connectivity index (χ2v) is 1.48. The van der Waals surface area contributed by atoms with Gasteiger partial charge in [-0.3, -0.25) is 11.3 Å². The third-order valence-electron chi connectivity index (χ3n) is 0.523. The Labute approximate surface area is 65.8 Å². The molecule has 0 bridgehead atoms. The number of aliphatic carboxylic acids is 1. The van der Waals surface area contributed by atoms with Gasteiger partial charge in [-0.25, -0.2) is 4.79 Å². The molecule has 0 aromatic carbocycles. The van der Waals surface area contributed by atoms with E-state index in [9.17, 15) is 4.79 Å². The zero-order valence-corrected chi connectivity index (χ0v) is 6.70. The molecule has 0 saturated carbocycles. The Morgan fingerprint density at radius 2 is 2.27 bits per heavy atom. The Morgan fingerprint density at radius 1 is 1.82 bits per heavy atom. The van der Waals surface area contributed by atoms with Gasteiger partial charge in [0.1, 0.15) is 0 Å². The predicted octanol–water partition coefficient (Wildman–Crippen LogP) is -0.647. The Morgan fingerprint density at radius 3 is 2.55 bits per heavy atom. The Hall–Kier alpha value is -0.910. The number of nitrogens with two attached hydrogens (primary N) is 1. The van der Waals surface area contributed by atoms with Crippen molar-refractivity contribution in [1.82, 2.24) is 5.43 Å². The van der Waals surface area contributed by atoms with Gasteiger partial charge < -0.3 is 9.84 Å². The summed E-state index contributed by atoms with van der Waals surface area (Å²) in [5.41, 5.74) is 2.25. The second kappa shape index (κ2) is 11.8. The Kier molecular flexibility index (Phi) is 13.7. The number of carboxylic acid groups (broad SMARTS) is 1. The van der Waals surface area contributed by atoms with E-state index in [1.165, 1.54) is 13.2 Å². The van der Waals surface area contributed by atoms with Crippen LogP contribution >= 0.6 is 0 Å². The molecule has 0 aliphatic carbocycles. The van der Waals surface area contributed by atoms with Crippen molar-refractivity contribution in [2.45, 2.75) is 0 Å². The van der Waals surface area contributed by atoms with Crippen LogP contribution in [0.1, 0.15) is 0 Å². The molecule has 5 heteroatoms. The van der Waals surface area contributed by atoms with Crippen LogP contribution in [-0.2, 0) is 9.53 Å². The fourth-order valence-corrected chi connectivity index (χ4v) is 0.245. The summed E-state index contributed by atoms with van der Waals surface area (Å²) in [5.74, 6) is 3.65. The maximum atomic E-state index is 9.73. The smallest absolute Gasteiger partial charge is 0.328 e. The molecule has 0 amide bonds. The van der Waals surface area contributed by atoms with Crippen LogP contribution in [0, 0.1) is 0 Å². The van der Waals surface area contributed by atoms with E-state index in [2.05, 4.69) is 16.0 Å². The highest BCUT2D eigenvalue weighted by Gasteiger charge is 1.81. The molecule has 0 atom stereocenters. The molecule has 0 rings (SSSR count). The first-order valence-electron chi connectivity index (χ1n) is 2.94. The SMILES string of the molecule is CNN.COCC=CC(=O)O. The molecular formula is C6H14N2O3. The average molecular weight is 162 g/mol. The lowest BCUT2D eigenvalue weighted by Crippen LogP contribution is -2.13. The lowest BCUT2D eigenvalue weighted by atomic mass is 10.5. The predicted molar refractivity (Wildman–Crippen MR) is 41.9 cm³/mol. The van der Waals surface area contributed by atoms with Gasteiger partial charge in [-0.2, -0.15) is 0 Å². The van der Waals surface area contributed by atoms with E-state index < -0.39 is 5.97 Å². The van der Waals surface area contributed by atoms with Gasteiger partial charge in [0, 0.05) is 13.2 Å². The van der Waals surface area contributed by atoms with Crippen molar-refractivity contribution >= 4 is 5.97 Å². The fourth-order valence-electron chi connectivity index (χ4n) is 0.245. The van der Waals surface area contributed by atoms with E-state index in [-0.39, 0.29) is 0 Å². The molecule has 0 aromatic rings. The van der Waals surface area contributed by atoms with Crippen LogP contribution in [0.4, 0.5) is 0 Å². The summed E-state index contributed by atoms with van der Waals surface area (Å²) in [4.78, 5) is 9.73. The van der Waals surface area contributed by atoms with E-state index in [1.807, 2.05) is 0 Å². The maximum Gasteiger partial charge on any atom is 0.328 e. The van der Waals surface area contributed by atoms with Gasteiger partial charge in [-0.15, -0.1) is 0 Å². The van der Waals surface area contributed by atoms with Crippen molar-refractivity contribution in [3.8, 4) is 0 Å². The number of hydrogen-bond acceptors (Lipinski definition) is 4. The van der Waals surface area contributed by atoms with Crippen LogP contribution in [0.15, 0.2) is 12.2 Å². The van der Waals surface area contributed by atoms with Gasteiger partial charge in [-0.1, -0.05) is 6.08 Å². The third-order valence-corrected chi connectivity index (χ3v) is 0.523. The Balaban J connectivity index is 0. The van der Waals surface area contributed by atoms with E-state index in [0.29, 0.717) is 6.61 Å².